The number of benzene rings is 2. The molecule has 2 aliphatic heterocycles. The Bertz CT molecular complexity index is 1570. The number of hydrogen-bond donors (Lipinski definition) is 1. The molecule has 0 aliphatic carbocycles. The lowest BCUT2D eigenvalue weighted by Gasteiger charge is -2.34. The summed E-state index contributed by atoms with van der Waals surface area (Å²) in [6.45, 7) is 5.81. The number of piperazine rings is 1. The number of para-hydroxylation sites is 1. The van der Waals surface area contributed by atoms with Gasteiger partial charge in [0.05, 0.1) is 42.8 Å². The van der Waals surface area contributed by atoms with E-state index in [9.17, 15) is 10.1 Å². The van der Waals surface area contributed by atoms with Gasteiger partial charge in [0.2, 0.25) is 5.95 Å². The van der Waals surface area contributed by atoms with Crippen LogP contribution in [0.2, 0.25) is 0 Å². The molecule has 0 spiro atoms. The van der Waals surface area contributed by atoms with Gasteiger partial charge in [-0.25, -0.2) is 9.97 Å². The fourth-order valence-corrected chi connectivity index (χ4v) is 5.59. The number of aryl methyl sites for hydroxylation is 1. The fraction of sp³-hybridized carbons (Fsp3) is 0.379. The standard InChI is InChI=1S/C29H34N8O4/c1-33-8-10-35(11-9-33)24-17-27(40-3)22(16-25(24)37(38)39)31-29-30-18-26(36-12-14-41-15-13-36)28(32-29)21-19-34(2)23-7-5-4-6-20(21)23/h4-7,16-19H,8-15H2,1-3H3,(H,30,31,32). The van der Waals surface area contributed by atoms with Gasteiger partial charge in [0.25, 0.3) is 5.69 Å². The van der Waals surface area contributed by atoms with Gasteiger partial charge in [0.15, 0.2) is 0 Å². The average Bonchev–Trinajstić information content (AvgIpc) is 3.34. The van der Waals surface area contributed by atoms with Crippen molar-refractivity contribution in [2.24, 2.45) is 7.05 Å². The number of ether oxygens (including phenoxy) is 2. The van der Waals surface area contributed by atoms with Crippen molar-refractivity contribution in [2.45, 2.75) is 0 Å². The van der Waals surface area contributed by atoms with E-state index in [2.05, 4.69) is 50.0 Å². The van der Waals surface area contributed by atoms with Gasteiger partial charge in [0, 0.05) is 81.1 Å². The molecule has 4 heterocycles. The van der Waals surface area contributed by atoms with Crippen LogP contribution >= 0.6 is 0 Å². The van der Waals surface area contributed by atoms with Crippen molar-refractivity contribution in [3.63, 3.8) is 0 Å². The minimum atomic E-state index is -0.345. The number of nitro benzene ring substituents is 1. The van der Waals surface area contributed by atoms with Crippen LogP contribution in [0.4, 0.5) is 28.7 Å². The molecule has 0 saturated carbocycles. The summed E-state index contributed by atoms with van der Waals surface area (Å²) in [5, 5.41) is 16.5. The normalized spacial score (nSPS) is 16.3. The highest BCUT2D eigenvalue weighted by Gasteiger charge is 2.27. The van der Waals surface area contributed by atoms with E-state index in [1.54, 1.807) is 13.2 Å². The molecule has 0 amide bonds. The molecule has 6 rings (SSSR count). The second kappa shape index (κ2) is 11.2. The number of nitrogens with one attached hydrogen (secondary N) is 1. The molecule has 4 aromatic rings. The third-order valence-corrected chi connectivity index (χ3v) is 7.86. The quantitative estimate of drug-likeness (QED) is 0.265. The maximum atomic E-state index is 12.2. The molecule has 2 fully saturated rings. The minimum absolute atomic E-state index is 0.0112. The Balaban J connectivity index is 1.42. The van der Waals surface area contributed by atoms with Gasteiger partial charge >= 0.3 is 0 Å². The zero-order chi connectivity index (χ0) is 28.5. The van der Waals surface area contributed by atoms with E-state index in [0.29, 0.717) is 49.4 Å². The molecule has 0 radical (unpaired) electrons. The molecule has 0 atom stereocenters. The number of nitrogens with zero attached hydrogens (tertiary/aromatic N) is 7. The number of fused-ring (bicyclic) bond motifs is 1. The Morgan fingerprint density at radius 3 is 2.46 bits per heavy atom. The smallest absolute Gasteiger partial charge is 0.294 e. The summed E-state index contributed by atoms with van der Waals surface area (Å²) in [4.78, 5) is 27.9. The maximum Gasteiger partial charge on any atom is 0.294 e. The van der Waals surface area contributed by atoms with Gasteiger partial charge in [-0.05, 0) is 13.1 Å². The molecule has 12 heteroatoms. The van der Waals surface area contributed by atoms with Gasteiger partial charge in [-0.2, -0.15) is 0 Å². The predicted octanol–water partition coefficient (Wildman–Crippen LogP) is 3.88. The lowest BCUT2D eigenvalue weighted by molar-refractivity contribution is -0.384. The largest absolute Gasteiger partial charge is 0.494 e. The molecule has 1 N–H and O–H groups in total. The monoisotopic (exact) mass is 558 g/mol. The number of morpholine rings is 1. The number of nitro groups is 1. The third-order valence-electron chi connectivity index (χ3n) is 7.86. The topological polar surface area (TPSA) is 114 Å². The number of methoxy groups -OCH3 is 1. The molecule has 41 heavy (non-hydrogen) atoms. The van der Waals surface area contributed by atoms with Crippen LogP contribution in [0.3, 0.4) is 0 Å². The summed E-state index contributed by atoms with van der Waals surface area (Å²) in [6, 6.07) is 11.5. The molecule has 2 saturated heterocycles. The van der Waals surface area contributed by atoms with Crippen LogP contribution in [0.1, 0.15) is 0 Å². The number of aromatic nitrogens is 3. The van der Waals surface area contributed by atoms with Gasteiger partial charge < -0.3 is 34.1 Å². The highest BCUT2D eigenvalue weighted by atomic mass is 16.6. The first kappa shape index (κ1) is 26.8. The third kappa shape index (κ3) is 5.23. The van der Waals surface area contributed by atoms with Crippen molar-refractivity contribution in [1.29, 1.82) is 0 Å². The van der Waals surface area contributed by atoms with E-state index >= 15 is 0 Å². The summed E-state index contributed by atoms with van der Waals surface area (Å²) in [6.07, 6.45) is 3.90. The number of likely N-dealkylation sites (N-methyl/N-ethyl adjacent to an activating group) is 1. The van der Waals surface area contributed by atoms with Crippen LogP contribution in [0.15, 0.2) is 48.8 Å². The van der Waals surface area contributed by atoms with Crippen LogP contribution in [0.5, 0.6) is 5.75 Å². The van der Waals surface area contributed by atoms with Crippen LogP contribution in [0.25, 0.3) is 22.2 Å². The zero-order valence-electron chi connectivity index (χ0n) is 23.5. The first-order chi connectivity index (χ1) is 19.9. The van der Waals surface area contributed by atoms with Crippen LogP contribution in [0, 0.1) is 10.1 Å². The second-order valence-electron chi connectivity index (χ2n) is 10.4. The summed E-state index contributed by atoms with van der Waals surface area (Å²) in [7, 11) is 5.63. The van der Waals surface area contributed by atoms with Crippen LogP contribution in [-0.4, -0.2) is 91.0 Å². The highest BCUT2D eigenvalue weighted by molar-refractivity contribution is 5.98. The fourth-order valence-electron chi connectivity index (χ4n) is 5.59. The molecule has 0 unspecified atom stereocenters. The average molecular weight is 559 g/mol. The van der Waals surface area contributed by atoms with Crippen LogP contribution in [-0.2, 0) is 11.8 Å². The Hall–Kier alpha value is -4.42. The Labute approximate surface area is 238 Å². The summed E-state index contributed by atoms with van der Waals surface area (Å²) >= 11 is 0. The van der Waals surface area contributed by atoms with Crippen LogP contribution < -0.4 is 19.9 Å². The lowest BCUT2D eigenvalue weighted by Crippen LogP contribution is -2.44. The molecule has 2 aromatic carbocycles. The molecule has 0 bridgehead atoms. The maximum absolute atomic E-state index is 12.2. The zero-order valence-corrected chi connectivity index (χ0v) is 23.5. The Morgan fingerprint density at radius 1 is 1.00 bits per heavy atom. The Kier molecular flexibility index (Phi) is 7.33. The highest BCUT2D eigenvalue weighted by Crippen LogP contribution is 2.41. The van der Waals surface area contributed by atoms with E-state index in [0.717, 1.165) is 54.0 Å². The summed E-state index contributed by atoms with van der Waals surface area (Å²) < 4.78 is 13.4. The van der Waals surface area contributed by atoms with Crippen molar-refractivity contribution in [2.75, 3.05) is 81.8 Å². The number of rotatable bonds is 7. The van der Waals surface area contributed by atoms with Crippen molar-refractivity contribution in [3.05, 3.63) is 58.9 Å². The van der Waals surface area contributed by atoms with Gasteiger partial charge in [-0.1, -0.05) is 18.2 Å². The second-order valence-corrected chi connectivity index (χ2v) is 10.4. The van der Waals surface area contributed by atoms with Crippen molar-refractivity contribution in [3.8, 4) is 17.0 Å². The van der Waals surface area contributed by atoms with Gasteiger partial charge in [-0.15, -0.1) is 0 Å². The van der Waals surface area contributed by atoms with Crippen molar-refractivity contribution < 1.29 is 14.4 Å². The predicted molar refractivity (Wildman–Crippen MR) is 160 cm³/mol. The van der Waals surface area contributed by atoms with E-state index in [-0.39, 0.29) is 10.6 Å². The molecule has 2 aliphatic rings. The summed E-state index contributed by atoms with van der Waals surface area (Å²) in [5.41, 5.74) is 4.77. The van der Waals surface area contributed by atoms with Gasteiger partial charge in [0.1, 0.15) is 17.1 Å². The molecule has 214 valence electrons. The SMILES string of the molecule is COc1cc(N2CCN(C)CC2)c([N+](=O)[O-])cc1Nc1ncc(N2CCOCC2)c(-c2cn(C)c3ccccc23)n1. The number of hydrogen-bond acceptors (Lipinski definition) is 10. The van der Waals surface area contributed by atoms with E-state index in [4.69, 9.17) is 14.5 Å². The lowest BCUT2D eigenvalue weighted by atomic mass is 10.1. The molecule has 2 aromatic heterocycles. The minimum Gasteiger partial charge on any atom is -0.494 e. The first-order valence-corrected chi connectivity index (χ1v) is 13.7. The number of anilines is 4. The molecular weight excluding hydrogens is 524 g/mol. The van der Waals surface area contributed by atoms with E-state index in [1.165, 1.54) is 6.07 Å². The van der Waals surface area contributed by atoms with E-state index < -0.39 is 0 Å². The van der Waals surface area contributed by atoms with Crippen molar-refractivity contribution >= 4 is 39.6 Å². The molecule has 12 nitrogen and oxygen atoms in total. The molecular formula is C29H34N8O4. The first-order valence-electron chi connectivity index (χ1n) is 13.7. The van der Waals surface area contributed by atoms with E-state index in [1.807, 2.05) is 30.3 Å². The van der Waals surface area contributed by atoms with Gasteiger partial charge in [-0.3, -0.25) is 10.1 Å². The Morgan fingerprint density at radius 2 is 1.73 bits per heavy atom. The van der Waals surface area contributed by atoms with Crippen molar-refractivity contribution in [1.82, 2.24) is 19.4 Å². The summed E-state index contributed by atoms with van der Waals surface area (Å²) in [5.74, 6) is 0.807.